The molecule has 0 aliphatic rings. The van der Waals surface area contributed by atoms with E-state index in [0.717, 1.165) is 0 Å². The zero-order valence-electron chi connectivity index (χ0n) is 16.7. The molecule has 0 bridgehead atoms. The summed E-state index contributed by atoms with van der Waals surface area (Å²) >= 11 is 0. The minimum atomic E-state index is -0.134. The number of hydrogen-bond acceptors (Lipinski definition) is 0. The van der Waals surface area contributed by atoms with Gasteiger partial charge in [-0.3, -0.25) is 0 Å². The molecule has 0 atom stereocenters. The van der Waals surface area contributed by atoms with Crippen LogP contribution in [0.4, 0.5) is 0 Å². The molecule has 0 saturated carbocycles. The highest BCUT2D eigenvalue weighted by atomic mass is 14.3. The predicted octanol–water partition coefficient (Wildman–Crippen LogP) is 8.06. The third-order valence-electron chi connectivity index (χ3n) is 6.62. The first-order valence-corrected chi connectivity index (χ1v) is 10.3. The first-order chi connectivity index (χ1) is 14.2. The van der Waals surface area contributed by atoms with Crippen LogP contribution in [0.25, 0.3) is 43.1 Å². The molecule has 0 aromatic heterocycles. The number of hydrogen-bond donors (Lipinski definition) is 0. The van der Waals surface area contributed by atoms with E-state index in [-0.39, 0.29) is 5.41 Å². The van der Waals surface area contributed by atoms with Crippen molar-refractivity contribution in [1.82, 2.24) is 0 Å². The van der Waals surface area contributed by atoms with E-state index in [2.05, 4.69) is 111 Å². The van der Waals surface area contributed by atoms with Crippen molar-refractivity contribution in [2.24, 2.45) is 0 Å². The summed E-state index contributed by atoms with van der Waals surface area (Å²) in [6.45, 7) is 4.80. The van der Waals surface area contributed by atoms with Crippen LogP contribution in [0.2, 0.25) is 0 Å². The van der Waals surface area contributed by atoms with E-state index in [0.29, 0.717) is 0 Å². The van der Waals surface area contributed by atoms with Crippen LogP contribution >= 0.6 is 0 Å². The molecule has 0 amide bonds. The molecule has 6 aromatic carbocycles. The largest absolute Gasteiger partial charge is 0.117 e. The van der Waals surface area contributed by atoms with Gasteiger partial charge in [-0.2, -0.15) is 0 Å². The average Bonchev–Trinajstić information content (AvgIpc) is 3.28. The molecule has 0 heteroatoms. The fraction of sp³-hybridized carbons (Fsp3) is 0.103. The zero-order chi connectivity index (χ0) is 19.6. The van der Waals surface area contributed by atoms with E-state index < -0.39 is 0 Å². The molecule has 0 aliphatic heterocycles. The maximum atomic E-state index is 2.40. The molecule has 0 saturated heterocycles. The molecular weight excluding hydrogens is 348 g/mol. The molecule has 29 heavy (non-hydrogen) atoms. The number of rotatable bonds is 2. The third-order valence-corrected chi connectivity index (χ3v) is 6.62. The normalized spacial score (nSPS) is 12.5. The van der Waals surface area contributed by atoms with Crippen molar-refractivity contribution >= 4 is 43.1 Å². The first-order valence-electron chi connectivity index (χ1n) is 10.3. The predicted molar refractivity (Wildman–Crippen MR) is 126 cm³/mol. The summed E-state index contributed by atoms with van der Waals surface area (Å²) in [5.41, 5.74) is 2.74. The number of benzene rings is 4. The quantitative estimate of drug-likeness (QED) is 0.270. The Morgan fingerprint density at radius 1 is 0.483 bits per heavy atom. The molecule has 6 aromatic rings. The van der Waals surface area contributed by atoms with Crippen molar-refractivity contribution in [3.05, 3.63) is 108 Å². The van der Waals surface area contributed by atoms with Crippen LogP contribution in [-0.4, -0.2) is 0 Å². The SMILES string of the molecule is CC(C)(c1c2ccccc2[c-]2ccccc12)c1c2ccccc2[c-]2ccccc12. The summed E-state index contributed by atoms with van der Waals surface area (Å²) in [7, 11) is 0. The second-order valence-corrected chi connectivity index (χ2v) is 8.56. The average molecular weight is 370 g/mol. The summed E-state index contributed by atoms with van der Waals surface area (Å²) in [4.78, 5) is 0. The summed E-state index contributed by atoms with van der Waals surface area (Å²) < 4.78 is 0. The summed E-state index contributed by atoms with van der Waals surface area (Å²) in [6, 6.07) is 35.5. The second kappa shape index (κ2) is 5.81. The highest BCUT2D eigenvalue weighted by Crippen LogP contribution is 2.49. The van der Waals surface area contributed by atoms with Gasteiger partial charge in [0.25, 0.3) is 0 Å². The van der Waals surface area contributed by atoms with Crippen LogP contribution in [-0.2, 0) is 5.41 Å². The Bertz CT molecular complexity index is 1300. The molecule has 0 heterocycles. The zero-order valence-corrected chi connectivity index (χ0v) is 16.7. The molecule has 140 valence electrons. The molecule has 0 aliphatic carbocycles. The third kappa shape index (κ3) is 2.15. The monoisotopic (exact) mass is 370 g/mol. The van der Waals surface area contributed by atoms with Crippen LogP contribution in [0.3, 0.4) is 0 Å². The Balaban J connectivity index is 1.81. The lowest BCUT2D eigenvalue weighted by Gasteiger charge is -2.34. The lowest BCUT2D eigenvalue weighted by molar-refractivity contribution is 0.667. The van der Waals surface area contributed by atoms with Gasteiger partial charge in [0.05, 0.1) is 0 Å². The van der Waals surface area contributed by atoms with E-state index in [1.807, 2.05) is 0 Å². The smallest absolute Gasteiger partial charge is 0.0399 e. The van der Waals surface area contributed by atoms with Gasteiger partial charge in [-0.05, 0) is 5.41 Å². The van der Waals surface area contributed by atoms with E-state index >= 15 is 0 Å². The fourth-order valence-electron chi connectivity index (χ4n) is 5.51. The van der Waals surface area contributed by atoms with Crippen LogP contribution in [0.15, 0.2) is 97.1 Å². The van der Waals surface area contributed by atoms with Crippen molar-refractivity contribution in [2.75, 3.05) is 0 Å². The minimum Gasteiger partial charge on any atom is -0.117 e. The van der Waals surface area contributed by atoms with Crippen molar-refractivity contribution < 1.29 is 0 Å². The standard InChI is InChI=1S/C29H22/c1-29(2,27-23-15-7-3-11-19(23)20-12-4-8-16-24(20)27)28-25-17-9-5-13-21(25)22-14-6-10-18-26(22)28/h3-18H,1-2H3/q-2. The van der Waals surface area contributed by atoms with Gasteiger partial charge in [-0.15, -0.1) is 82.6 Å². The summed E-state index contributed by atoms with van der Waals surface area (Å²) in [5, 5.41) is 10.9. The lowest BCUT2D eigenvalue weighted by atomic mass is 9.75. The molecule has 0 unspecified atom stereocenters. The van der Waals surface area contributed by atoms with Crippen LogP contribution < -0.4 is 0 Å². The molecule has 0 spiro atoms. The Morgan fingerprint density at radius 2 is 0.862 bits per heavy atom. The summed E-state index contributed by atoms with van der Waals surface area (Å²) in [5.74, 6) is 0. The Kier molecular flexibility index (Phi) is 3.32. The van der Waals surface area contributed by atoms with Crippen molar-refractivity contribution in [3.8, 4) is 0 Å². The topological polar surface area (TPSA) is 0 Å². The molecular formula is C29H22-2. The Labute approximate surface area is 170 Å². The maximum Gasteiger partial charge on any atom is -0.0399 e. The van der Waals surface area contributed by atoms with E-state index in [1.54, 1.807) is 0 Å². The minimum absolute atomic E-state index is 0.134. The van der Waals surface area contributed by atoms with Gasteiger partial charge in [-0.25, -0.2) is 0 Å². The first kappa shape index (κ1) is 16.6. The number of fused-ring (bicyclic) bond motifs is 6. The van der Waals surface area contributed by atoms with Gasteiger partial charge in [-0.1, -0.05) is 82.6 Å². The van der Waals surface area contributed by atoms with E-state index in [1.165, 1.54) is 54.2 Å². The fourth-order valence-corrected chi connectivity index (χ4v) is 5.51. The van der Waals surface area contributed by atoms with E-state index in [4.69, 9.17) is 0 Å². The van der Waals surface area contributed by atoms with Gasteiger partial charge in [0.15, 0.2) is 0 Å². The second-order valence-electron chi connectivity index (χ2n) is 8.56. The van der Waals surface area contributed by atoms with Gasteiger partial charge in [0.2, 0.25) is 0 Å². The van der Waals surface area contributed by atoms with Crippen LogP contribution in [0, 0.1) is 0 Å². The maximum absolute atomic E-state index is 2.40. The van der Waals surface area contributed by atoms with Crippen molar-refractivity contribution in [3.63, 3.8) is 0 Å². The lowest BCUT2D eigenvalue weighted by Crippen LogP contribution is -2.18. The van der Waals surface area contributed by atoms with Crippen molar-refractivity contribution in [2.45, 2.75) is 19.3 Å². The molecule has 0 nitrogen and oxygen atoms in total. The highest BCUT2D eigenvalue weighted by molar-refractivity contribution is 6.19. The van der Waals surface area contributed by atoms with Gasteiger partial charge in [0, 0.05) is 0 Å². The van der Waals surface area contributed by atoms with Crippen LogP contribution in [0.5, 0.6) is 0 Å². The molecule has 0 radical (unpaired) electrons. The van der Waals surface area contributed by atoms with Gasteiger partial charge >= 0.3 is 0 Å². The Hall–Kier alpha value is -3.38. The van der Waals surface area contributed by atoms with Gasteiger partial charge in [0.1, 0.15) is 0 Å². The van der Waals surface area contributed by atoms with E-state index in [9.17, 15) is 0 Å². The highest BCUT2D eigenvalue weighted by Gasteiger charge is 2.26. The van der Waals surface area contributed by atoms with Crippen molar-refractivity contribution in [1.29, 1.82) is 0 Å². The van der Waals surface area contributed by atoms with Crippen LogP contribution in [0.1, 0.15) is 25.0 Å². The Morgan fingerprint density at radius 3 is 1.34 bits per heavy atom. The molecule has 6 rings (SSSR count). The van der Waals surface area contributed by atoms with Gasteiger partial charge < -0.3 is 0 Å². The molecule has 0 fully saturated rings. The summed E-state index contributed by atoms with van der Waals surface area (Å²) in [6.07, 6.45) is 0. The molecule has 0 N–H and O–H groups in total.